The molecule has 0 atom stereocenters. The molecule has 0 bridgehead atoms. The van der Waals surface area contributed by atoms with E-state index in [1.165, 1.54) is 5.56 Å². The summed E-state index contributed by atoms with van der Waals surface area (Å²) in [5.74, 6) is 0.526. The van der Waals surface area contributed by atoms with Gasteiger partial charge in [0.15, 0.2) is 0 Å². The summed E-state index contributed by atoms with van der Waals surface area (Å²) in [5, 5.41) is 5.63. The molecule has 0 aliphatic heterocycles. The second-order valence-corrected chi connectivity index (χ2v) is 4.88. The van der Waals surface area contributed by atoms with Gasteiger partial charge in [0, 0.05) is 24.8 Å². The fourth-order valence-corrected chi connectivity index (χ4v) is 2.06. The maximum absolute atomic E-state index is 11.8. The fraction of sp³-hybridized carbons (Fsp3) is 0.294. The summed E-state index contributed by atoms with van der Waals surface area (Å²) >= 11 is 0. The van der Waals surface area contributed by atoms with Crippen LogP contribution in [0.25, 0.3) is 0 Å². The average molecular weight is 299 g/mol. The first-order valence-electron chi connectivity index (χ1n) is 7.30. The van der Waals surface area contributed by atoms with E-state index in [2.05, 4.69) is 34.7 Å². The van der Waals surface area contributed by atoms with Crippen LogP contribution in [-0.2, 0) is 19.5 Å². The topological polar surface area (TPSA) is 63.2 Å². The molecule has 0 aliphatic rings. The Morgan fingerprint density at radius 2 is 1.77 bits per heavy atom. The zero-order chi connectivity index (χ0) is 15.8. The molecule has 0 unspecified atom stereocenters. The van der Waals surface area contributed by atoms with Crippen molar-refractivity contribution >= 4 is 6.03 Å². The molecular weight excluding hydrogens is 278 g/mol. The van der Waals surface area contributed by atoms with Gasteiger partial charge < -0.3 is 15.4 Å². The lowest BCUT2D eigenvalue weighted by molar-refractivity contribution is 0.240. The van der Waals surface area contributed by atoms with E-state index in [1.54, 1.807) is 13.3 Å². The molecule has 0 spiro atoms. The summed E-state index contributed by atoms with van der Waals surface area (Å²) < 4.78 is 5.15. The predicted molar refractivity (Wildman–Crippen MR) is 85.7 cm³/mol. The highest BCUT2D eigenvalue weighted by Gasteiger charge is 2.05. The maximum Gasteiger partial charge on any atom is 0.315 e. The number of pyridine rings is 1. The number of urea groups is 1. The molecule has 5 nitrogen and oxygen atoms in total. The number of aromatic nitrogens is 1. The molecule has 22 heavy (non-hydrogen) atoms. The predicted octanol–water partition coefficient (Wildman–Crippen LogP) is 2.65. The molecule has 0 radical (unpaired) electrons. The van der Waals surface area contributed by atoms with E-state index < -0.39 is 0 Å². The van der Waals surface area contributed by atoms with Gasteiger partial charge in [0.05, 0.1) is 7.11 Å². The number of aryl methyl sites for hydroxylation is 1. The number of methoxy groups -OCH3 is 1. The summed E-state index contributed by atoms with van der Waals surface area (Å²) in [5.41, 5.74) is 3.20. The van der Waals surface area contributed by atoms with E-state index in [4.69, 9.17) is 4.74 Å². The van der Waals surface area contributed by atoms with Gasteiger partial charge in [-0.05, 0) is 23.6 Å². The van der Waals surface area contributed by atoms with Crippen molar-refractivity contribution in [3.8, 4) is 5.88 Å². The summed E-state index contributed by atoms with van der Waals surface area (Å²) in [6.07, 6.45) is 2.67. The highest BCUT2D eigenvalue weighted by atomic mass is 16.5. The van der Waals surface area contributed by atoms with Crippen LogP contribution in [0.5, 0.6) is 5.88 Å². The normalized spacial score (nSPS) is 10.1. The Bertz CT molecular complexity index is 612. The lowest BCUT2D eigenvalue weighted by Crippen LogP contribution is -2.34. The van der Waals surface area contributed by atoms with E-state index in [-0.39, 0.29) is 6.03 Å². The number of hydrogen-bond donors (Lipinski definition) is 2. The average Bonchev–Trinajstić information content (AvgIpc) is 2.58. The monoisotopic (exact) mass is 299 g/mol. The molecule has 2 amide bonds. The van der Waals surface area contributed by atoms with Crippen LogP contribution < -0.4 is 15.4 Å². The number of nitrogens with zero attached hydrogens (tertiary/aromatic N) is 1. The molecule has 0 fully saturated rings. The number of benzene rings is 1. The minimum atomic E-state index is -0.217. The number of ether oxygens (including phenoxy) is 1. The van der Waals surface area contributed by atoms with E-state index in [1.807, 2.05) is 24.3 Å². The minimum absolute atomic E-state index is 0.217. The molecule has 0 saturated heterocycles. The number of carbonyl (C=O) groups is 1. The Balaban J connectivity index is 1.80. The largest absolute Gasteiger partial charge is 0.481 e. The highest BCUT2D eigenvalue weighted by Crippen LogP contribution is 2.12. The van der Waals surface area contributed by atoms with Gasteiger partial charge in [0.25, 0.3) is 0 Å². The molecular formula is C17H21N3O2. The third-order valence-electron chi connectivity index (χ3n) is 3.37. The van der Waals surface area contributed by atoms with E-state index in [0.717, 1.165) is 17.5 Å². The first-order valence-corrected chi connectivity index (χ1v) is 7.30. The van der Waals surface area contributed by atoms with Gasteiger partial charge in [0.2, 0.25) is 5.88 Å². The lowest BCUT2D eigenvalue weighted by atomic mass is 10.1. The van der Waals surface area contributed by atoms with Crippen molar-refractivity contribution in [2.75, 3.05) is 7.11 Å². The zero-order valence-electron chi connectivity index (χ0n) is 12.9. The Labute approximate surface area is 130 Å². The molecule has 0 aliphatic carbocycles. The van der Waals surface area contributed by atoms with E-state index in [9.17, 15) is 4.79 Å². The SMILES string of the molecule is CCc1ccc(CNC(=O)NCc2cccnc2OC)cc1. The Morgan fingerprint density at radius 3 is 2.45 bits per heavy atom. The van der Waals surface area contributed by atoms with Crippen LogP contribution in [0.1, 0.15) is 23.6 Å². The van der Waals surface area contributed by atoms with Crippen LogP contribution in [0.4, 0.5) is 4.79 Å². The molecule has 116 valence electrons. The standard InChI is InChI=1S/C17H21N3O2/c1-3-13-6-8-14(9-7-13)11-19-17(21)20-12-15-5-4-10-18-16(15)22-2/h4-10H,3,11-12H2,1-2H3,(H2,19,20,21). The van der Waals surface area contributed by atoms with Crippen LogP contribution in [0, 0.1) is 0 Å². The van der Waals surface area contributed by atoms with Crippen molar-refractivity contribution in [1.82, 2.24) is 15.6 Å². The first kappa shape index (κ1) is 15.8. The van der Waals surface area contributed by atoms with Crippen molar-refractivity contribution in [2.45, 2.75) is 26.4 Å². The van der Waals surface area contributed by atoms with Gasteiger partial charge in [0.1, 0.15) is 0 Å². The molecule has 5 heteroatoms. The highest BCUT2D eigenvalue weighted by molar-refractivity contribution is 5.73. The van der Waals surface area contributed by atoms with Crippen molar-refractivity contribution in [3.05, 3.63) is 59.3 Å². The molecule has 2 N–H and O–H groups in total. The van der Waals surface area contributed by atoms with Gasteiger partial charge in [-0.1, -0.05) is 37.3 Å². The first-order chi connectivity index (χ1) is 10.7. The van der Waals surface area contributed by atoms with E-state index >= 15 is 0 Å². The Hall–Kier alpha value is -2.56. The van der Waals surface area contributed by atoms with Crippen molar-refractivity contribution in [1.29, 1.82) is 0 Å². The molecule has 0 saturated carbocycles. The summed E-state index contributed by atoms with van der Waals surface area (Å²) in [6.45, 7) is 2.99. The van der Waals surface area contributed by atoms with Crippen LogP contribution >= 0.6 is 0 Å². The van der Waals surface area contributed by atoms with Crippen LogP contribution in [0.3, 0.4) is 0 Å². The third-order valence-corrected chi connectivity index (χ3v) is 3.37. The molecule has 1 heterocycles. The van der Waals surface area contributed by atoms with Gasteiger partial charge >= 0.3 is 6.03 Å². The molecule has 2 rings (SSSR count). The smallest absolute Gasteiger partial charge is 0.315 e. The summed E-state index contributed by atoms with van der Waals surface area (Å²) in [7, 11) is 1.56. The Morgan fingerprint density at radius 1 is 1.09 bits per heavy atom. The molecule has 2 aromatic rings. The molecule has 1 aromatic carbocycles. The Kier molecular flexibility index (Phi) is 5.77. The maximum atomic E-state index is 11.8. The second-order valence-electron chi connectivity index (χ2n) is 4.88. The van der Waals surface area contributed by atoms with Crippen LogP contribution in [0.2, 0.25) is 0 Å². The fourth-order valence-electron chi connectivity index (χ4n) is 2.06. The van der Waals surface area contributed by atoms with Gasteiger partial charge in [-0.3, -0.25) is 0 Å². The van der Waals surface area contributed by atoms with E-state index in [0.29, 0.717) is 19.0 Å². The van der Waals surface area contributed by atoms with Crippen LogP contribution in [-0.4, -0.2) is 18.1 Å². The minimum Gasteiger partial charge on any atom is -0.481 e. The van der Waals surface area contributed by atoms with Crippen LogP contribution in [0.15, 0.2) is 42.6 Å². The van der Waals surface area contributed by atoms with Gasteiger partial charge in [-0.25, -0.2) is 9.78 Å². The zero-order valence-corrected chi connectivity index (χ0v) is 12.9. The molecule has 1 aromatic heterocycles. The number of rotatable bonds is 6. The van der Waals surface area contributed by atoms with Gasteiger partial charge in [-0.15, -0.1) is 0 Å². The van der Waals surface area contributed by atoms with Gasteiger partial charge in [-0.2, -0.15) is 0 Å². The summed E-state index contributed by atoms with van der Waals surface area (Å²) in [6, 6.07) is 11.7. The number of hydrogen-bond acceptors (Lipinski definition) is 3. The third kappa shape index (κ3) is 4.48. The number of amides is 2. The quantitative estimate of drug-likeness (QED) is 0.862. The number of carbonyl (C=O) groups excluding carboxylic acids is 1. The van der Waals surface area contributed by atoms with Crippen molar-refractivity contribution in [3.63, 3.8) is 0 Å². The lowest BCUT2D eigenvalue weighted by Gasteiger charge is -2.10. The number of nitrogens with one attached hydrogen (secondary N) is 2. The van der Waals surface area contributed by atoms with Crippen molar-refractivity contribution < 1.29 is 9.53 Å². The second kappa shape index (κ2) is 8.02. The summed E-state index contributed by atoms with van der Waals surface area (Å²) in [4.78, 5) is 15.9. The van der Waals surface area contributed by atoms with Crippen molar-refractivity contribution in [2.24, 2.45) is 0 Å².